The van der Waals surface area contributed by atoms with E-state index in [0.29, 0.717) is 33.5 Å². The summed E-state index contributed by atoms with van der Waals surface area (Å²) in [6.07, 6.45) is 24.8. The fraction of sp³-hybridized carbons (Fsp3) is 1.00. The van der Waals surface area contributed by atoms with Gasteiger partial charge in [0.15, 0.2) is 0 Å². The molecular weight excluding hydrogens is 552 g/mol. The van der Waals surface area contributed by atoms with Crippen molar-refractivity contribution in [2.24, 2.45) is 69.0 Å². The molecule has 8 fully saturated rings. The number of rotatable bonds is 4. The van der Waals surface area contributed by atoms with Gasteiger partial charge < -0.3 is 0 Å². The minimum atomic E-state index is -3.98. The second kappa shape index (κ2) is 10.4. The fourth-order valence-corrected chi connectivity index (χ4v) is 16.0. The molecule has 0 bridgehead atoms. The summed E-state index contributed by atoms with van der Waals surface area (Å²) in [4.78, 5) is 0. The average Bonchev–Trinajstić information content (AvgIpc) is 3.55. The van der Waals surface area contributed by atoms with E-state index in [-0.39, 0.29) is 12.2 Å². The van der Waals surface area contributed by atoms with Crippen LogP contribution in [0.3, 0.4) is 0 Å². The van der Waals surface area contributed by atoms with Crippen LogP contribution in [0.15, 0.2) is 0 Å². The van der Waals surface area contributed by atoms with E-state index in [1.54, 1.807) is 0 Å². The van der Waals surface area contributed by atoms with Crippen molar-refractivity contribution in [3.63, 3.8) is 0 Å². The lowest BCUT2D eigenvalue weighted by atomic mass is 9.45. The molecular formula is C38H62O4S. The first-order chi connectivity index (χ1) is 20.4. The van der Waals surface area contributed by atoms with E-state index in [1.165, 1.54) is 89.9 Å². The standard InChI is InChI=1S/C38H62O4S/c1-35-17-5-7-31(35)29-11-9-25-23-27(13-21-37(25,3)33(29)15-19-35)41-43(39,40)42-28-14-22-38(4)26(24-28)10-12-30-32-8-6-18-36(32,2)20-16-34(30)38/h25-34H,5-24H2,1-4H3/t25-,26-,27+,28+,29+,30+,31-,32-,33+,34+,35-,36-,37-,38-/m0/s1. The van der Waals surface area contributed by atoms with E-state index in [9.17, 15) is 8.42 Å². The first-order valence-corrected chi connectivity index (χ1v) is 20.4. The number of hydrogen-bond acceptors (Lipinski definition) is 4. The number of fused-ring (bicyclic) bond motifs is 10. The maximum atomic E-state index is 13.4. The van der Waals surface area contributed by atoms with Gasteiger partial charge in [-0.2, -0.15) is 8.42 Å². The van der Waals surface area contributed by atoms with Gasteiger partial charge in [0.1, 0.15) is 0 Å². The monoisotopic (exact) mass is 614 g/mol. The minimum Gasteiger partial charge on any atom is -0.245 e. The van der Waals surface area contributed by atoms with Gasteiger partial charge in [-0.15, -0.1) is 0 Å². The first-order valence-electron chi connectivity index (χ1n) is 19.0. The molecule has 5 heteroatoms. The molecule has 8 aliphatic rings. The van der Waals surface area contributed by atoms with Crippen molar-refractivity contribution in [2.45, 2.75) is 168 Å². The summed E-state index contributed by atoms with van der Waals surface area (Å²) in [5.74, 6) is 6.50. The summed E-state index contributed by atoms with van der Waals surface area (Å²) in [6.45, 7) is 10.3. The van der Waals surface area contributed by atoms with Crippen molar-refractivity contribution in [1.29, 1.82) is 0 Å². The molecule has 8 aliphatic carbocycles. The highest BCUT2D eigenvalue weighted by Gasteiger charge is 2.60. The zero-order chi connectivity index (χ0) is 29.8. The molecule has 244 valence electrons. The Balaban J connectivity index is 0.878. The normalized spacial score (nSPS) is 56.2. The van der Waals surface area contributed by atoms with Crippen molar-refractivity contribution >= 4 is 10.4 Å². The highest BCUT2D eigenvalue weighted by atomic mass is 32.3. The third kappa shape index (κ3) is 4.79. The van der Waals surface area contributed by atoms with Gasteiger partial charge in [-0.3, -0.25) is 0 Å². The third-order valence-corrected chi connectivity index (χ3v) is 18.3. The lowest BCUT2D eigenvalue weighted by molar-refractivity contribution is -0.123. The van der Waals surface area contributed by atoms with Crippen molar-refractivity contribution in [3.05, 3.63) is 0 Å². The summed E-state index contributed by atoms with van der Waals surface area (Å²) in [5.41, 5.74) is 1.91. The van der Waals surface area contributed by atoms with Crippen LogP contribution in [-0.4, -0.2) is 20.6 Å². The Morgan fingerprint density at radius 2 is 0.930 bits per heavy atom. The third-order valence-electron chi connectivity index (χ3n) is 17.3. The maximum Gasteiger partial charge on any atom is 0.400 e. The van der Waals surface area contributed by atoms with Gasteiger partial charge in [0.2, 0.25) is 0 Å². The molecule has 0 heterocycles. The average molecular weight is 615 g/mol. The van der Waals surface area contributed by atoms with Gasteiger partial charge in [0.25, 0.3) is 0 Å². The van der Waals surface area contributed by atoms with Gasteiger partial charge in [-0.05, 0) is 185 Å². The summed E-state index contributed by atoms with van der Waals surface area (Å²) >= 11 is 0. The Bertz CT molecular complexity index is 1100. The predicted molar refractivity (Wildman–Crippen MR) is 171 cm³/mol. The topological polar surface area (TPSA) is 52.6 Å². The van der Waals surface area contributed by atoms with Gasteiger partial charge in [0.05, 0.1) is 12.2 Å². The van der Waals surface area contributed by atoms with Crippen LogP contribution >= 0.6 is 0 Å². The van der Waals surface area contributed by atoms with Gasteiger partial charge in [-0.25, -0.2) is 8.37 Å². The molecule has 0 radical (unpaired) electrons. The van der Waals surface area contributed by atoms with E-state index in [2.05, 4.69) is 27.7 Å². The Hall–Kier alpha value is -0.130. The van der Waals surface area contributed by atoms with E-state index in [4.69, 9.17) is 8.37 Å². The minimum absolute atomic E-state index is 0.202. The molecule has 0 N–H and O–H groups in total. The Labute approximate surface area is 263 Å². The molecule has 0 spiro atoms. The van der Waals surface area contributed by atoms with Crippen molar-refractivity contribution in [1.82, 2.24) is 0 Å². The van der Waals surface area contributed by atoms with Crippen molar-refractivity contribution < 1.29 is 16.8 Å². The van der Waals surface area contributed by atoms with Crippen LogP contribution < -0.4 is 0 Å². The van der Waals surface area contributed by atoms with E-state index in [1.807, 2.05) is 0 Å². The highest BCUT2D eigenvalue weighted by Crippen LogP contribution is 2.68. The van der Waals surface area contributed by atoms with Crippen LogP contribution in [-0.2, 0) is 18.8 Å². The molecule has 14 atom stereocenters. The molecule has 43 heavy (non-hydrogen) atoms. The second-order valence-electron chi connectivity index (χ2n) is 18.9. The number of hydrogen-bond donors (Lipinski definition) is 0. The van der Waals surface area contributed by atoms with E-state index >= 15 is 0 Å². The first kappa shape index (κ1) is 30.2. The molecule has 0 unspecified atom stereocenters. The van der Waals surface area contributed by atoms with Crippen molar-refractivity contribution in [3.8, 4) is 0 Å². The largest absolute Gasteiger partial charge is 0.400 e. The lowest BCUT2D eigenvalue weighted by Crippen LogP contribution is -2.54. The molecule has 8 rings (SSSR count). The smallest absolute Gasteiger partial charge is 0.245 e. The van der Waals surface area contributed by atoms with Gasteiger partial charge >= 0.3 is 10.4 Å². The van der Waals surface area contributed by atoms with Crippen LogP contribution in [0, 0.1) is 69.0 Å². The van der Waals surface area contributed by atoms with E-state index < -0.39 is 10.4 Å². The summed E-state index contributed by atoms with van der Waals surface area (Å²) in [7, 11) is -3.98. The highest BCUT2D eigenvalue weighted by molar-refractivity contribution is 7.81. The van der Waals surface area contributed by atoms with Crippen LogP contribution in [0.4, 0.5) is 0 Å². The predicted octanol–water partition coefficient (Wildman–Crippen LogP) is 9.87. The summed E-state index contributed by atoms with van der Waals surface area (Å²) in [5, 5.41) is 0. The van der Waals surface area contributed by atoms with Gasteiger partial charge in [-0.1, -0.05) is 40.5 Å². The van der Waals surface area contributed by atoms with Crippen LogP contribution in [0.1, 0.15) is 156 Å². The van der Waals surface area contributed by atoms with Crippen LogP contribution in [0.5, 0.6) is 0 Å². The summed E-state index contributed by atoms with van der Waals surface area (Å²) in [6, 6.07) is 0. The summed E-state index contributed by atoms with van der Waals surface area (Å²) < 4.78 is 38.7. The van der Waals surface area contributed by atoms with Crippen molar-refractivity contribution in [2.75, 3.05) is 0 Å². The SMILES string of the molecule is C[C@@]12CCC[C@H]1[C@H]1CC[C@H]3C[C@H](OS(=O)(=O)O[C@@H]4CC[C@@]5(C)[C@@H](CC[C@H]6[C@H]5CC[C@]5(C)CCC[C@@H]65)C4)CC[C@]3(C)[C@@H]1CC2. The van der Waals surface area contributed by atoms with Crippen LogP contribution in [0.2, 0.25) is 0 Å². The molecule has 0 aromatic heterocycles. The molecule has 4 nitrogen and oxygen atoms in total. The molecule has 0 aliphatic heterocycles. The van der Waals surface area contributed by atoms with Gasteiger partial charge in [0, 0.05) is 0 Å². The maximum absolute atomic E-state index is 13.4. The molecule has 0 saturated heterocycles. The zero-order valence-electron chi connectivity index (χ0n) is 28.0. The molecule has 0 aromatic rings. The molecule has 0 amide bonds. The molecule has 8 saturated carbocycles. The van der Waals surface area contributed by atoms with E-state index in [0.717, 1.165) is 74.0 Å². The Morgan fingerprint density at radius 1 is 0.488 bits per heavy atom. The Morgan fingerprint density at radius 3 is 1.37 bits per heavy atom. The lowest BCUT2D eigenvalue weighted by Gasteiger charge is -2.60. The molecule has 0 aromatic carbocycles. The second-order valence-corrected chi connectivity index (χ2v) is 20.1. The van der Waals surface area contributed by atoms with Crippen LogP contribution in [0.25, 0.3) is 0 Å². The fourth-order valence-electron chi connectivity index (χ4n) is 15.0. The zero-order valence-corrected chi connectivity index (χ0v) is 28.8. The Kier molecular flexibility index (Phi) is 7.33. The quantitative estimate of drug-likeness (QED) is 0.316.